The minimum Gasteiger partial charge on any atom is -0.126 e. The van der Waals surface area contributed by atoms with E-state index in [1.54, 1.807) is 0 Å². The van der Waals surface area contributed by atoms with Crippen LogP contribution in [-0.2, 0) is 0 Å². The zero-order chi connectivity index (χ0) is 7.33. The summed E-state index contributed by atoms with van der Waals surface area (Å²) in [6, 6.07) is 0. The average Bonchev–Trinajstić information content (AvgIpc) is 1.84. The quantitative estimate of drug-likeness (QED) is 0.536. The van der Waals surface area contributed by atoms with Gasteiger partial charge in [0.1, 0.15) is 0 Å². The molecule has 1 heteroatoms. The lowest BCUT2D eigenvalue weighted by atomic mass is 9.90. The van der Waals surface area contributed by atoms with E-state index in [2.05, 4.69) is 20.8 Å². The van der Waals surface area contributed by atoms with Gasteiger partial charge >= 0.3 is 0 Å². The Kier molecular flexibility index (Phi) is 4.29. The number of hydrogen-bond acceptors (Lipinski definition) is 0. The predicted molar refractivity (Wildman–Crippen MR) is 44.0 cm³/mol. The van der Waals surface area contributed by atoms with Crippen LogP contribution < -0.4 is 0 Å². The normalized spacial score (nSPS) is 12.0. The zero-order valence-electron chi connectivity index (χ0n) is 6.71. The third kappa shape index (κ3) is 4.77. The molecule has 9 heavy (non-hydrogen) atoms. The monoisotopic (exact) mass is 148 g/mol. The molecule has 0 amide bonds. The zero-order valence-corrected chi connectivity index (χ0v) is 7.46. The van der Waals surface area contributed by atoms with Gasteiger partial charge in [-0.15, -0.1) is 11.6 Å². The van der Waals surface area contributed by atoms with E-state index in [1.807, 2.05) is 0 Å². The molecule has 0 heterocycles. The lowest BCUT2D eigenvalue weighted by Crippen LogP contribution is -2.12. The lowest BCUT2D eigenvalue weighted by Gasteiger charge is -2.20. The van der Waals surface area contributed by atoms with Crippen molar-refractivity contribution in [3.63, 3.8) is 0 Å². The summed E-state index contributed by atoms with van der Waals surface area (Å²) in [4.78, 5) is 0. The van der Waals surface area contributed by atoms with Crippen LogP contribution in [0.2, 0.25) is 0 Å². The number of halogens is 1. The molecule has 0 aromatic rings. The molecule has 0 fully saturated rings. The molecule has 0 aromatic heterocycles. The molecule has 0 N–H and O–H groups in total. The Labute approximate surface area is 63.6 Å². The summed E-state index contributed by atoms with van der Waals surface area (Å²) < 4.78 is 0. The summed E-state index contributed by atoms with van der Waals surface area (Å²) in [5, 5.41) is 0. The molecule has 0 aliphatic carbocycles. The molecule has 0 aliphatic heterocycles. The molecule has 0 saturated heterocycles. The maximum absolute atomic E-state index is 5.73. The van der Waals surface area contributed by atoms with Crippen molar-refractivity contribution < 1.29 is 0 Å². The highest BCUT2D eigenvalue weighted by molar-refractivity contribution is 6.18. The van der Waals surface area contributed by atoms with Crippen molar-refractivity contribution in [1.29, 1.82) is 0 Å². The van der Waals surface area contributed by atoms with Crippen molar-refractivity contribution in [2.24, 2.45) is 5.41 Å². The van der Waals surface area contributed by atoms with Crippen LogP contribution in [0.3, 0.4) is 0 Å². The van der Waals surface area contributed by atoms with Gasteiger partial charge < -0.3 is 0 Å². The molecular weight excluding hydrogens is 132 g/mol. The topological polar surface area (TPSA) is 0 Å². The van der Waals surface area contributed by atoms with E-state index in [0.717, 1.165) is 5.88 Å². The second kappa shape index (κ2) is 4.16. The van der Waals surface area contributed by atoms with Gasteiger partial charge in [-0.3, -0.25) is 0 Å². The van der Waals surface area contributed by atoms with Crippen molar-refractivity contribution in [2.45, 2.75) is 40.0 Å². The number of unbranched alkanes of at least 4 members (excludes halogenated alkanes) is 1. The van der Waals surface area contributed by atoms with Crippen molar-refractivity contribution >= 4 is 11.6 Å². The Bertz CT molecular complexity index is 67.0. The first-order chi connectivity index (χ1) is 4.12. The van der Waals surface area contributed by atoms with E-state index in [4.69, 9.17) is 11.6 Å². The molecule has 0 unspecified atom stereocenters. The van der Waals surface area contributed by atoms with Crippen LogP contribution in [0.25, 0.3) is 0 Å². The fourth-order valence-corrected chi connectivity index (χ4v) is 0.856. The molecule has 0 aliphatic rings. The molecule has 0 nitrogen and oxygen atoms in total. The maximum Gasteiger partial charge on any atom is 0.0274 e. The Morgan fingerprint density at radius 3 is 2.22 bits per heavy atom. The molecule has 0 saturated carbocycles. The summed E-state index contributed by atoms with van der Waals surface area (Å²) in [5.74, 6) is 0.785. The van der Waals surface area contributed by atoms with Crippen LogP contribution in [0.5, 0.6) is 0 Å². The SMILES string of the molecule is CCCCC(C)(C)CCl. The van der Waals surface area contributed by atoms with Crippen molar-refractivity contribution in [2.75, 3.05) is 5.88 Å². The Balaban J connectivity index is 3.33. The minimum absolute atomic E-state index is 0.359. The second-order valence-corrected chi connectivity index (χ2v) is 3.67. The lowest BCUT2D eigenvalue weighted by molar-refractivity contribution is 0.369. The fraction of sp³-hybridized carbons (Fsp3) is 1.00. The summed E-state index contributed by atoms with van der Waals surface area (Å²) in [5.41, 5.74) is 0.359. The molecular formula is C8H17Cl. The van der Waals surface area contributed by atoms with Crippen LogP contribution in [-0.4, -0.2) is 5.88 Å². The summed E-state index contributed by atoms with van der Waals surface area (Å²) >= 11 is 5.73. The van der Waals surface area contributed by atoms with Gasteiger partial charge in [0.05, 0.1) is 0 Å². The standard InChI is InChI=1S/C8H17Cl/c1-4-5-6-8(2,3)7-9/h4-7H2,1-3H3. The molecule has 0 rings (SSSR count). The van der Waals surface area contributed by atoms with E-state index in [0.29, 0.717) is 5.41 Å². The van der Waals surface area contributed by atoms with Gasteiger partial charge in [0.15, 0.2) is 0 Å². The summed E-state index contributed by atoms with van der Waals surface area (Å²) in [6.45, 7) is 6.65. The fourth-order valence-electron chi connectivity index (χ4n) is 0.722. The number of alkyl halides is 1. The number of hydrogen-bond donors (Lipinski definition) is 0. The van der Waals surface area contributed by atoms with Crippen LogP contribution >= 0.6 is 11.6 Å². The van der Waals surface area contributed by atoms with Gasteiger partial charge in [0.2, 0.25) is 0 Å². The van der Waals surface area contributed by atoms with Gasteiger partial charge in [-0.05, 0) is 11.8 Å². The first-order valence-electron chi connectivity index (χ1n) is 3.68. The molecule has 0 aromatic carbocycles. The molecule has 56 valence electrons. The largest absolute Gasteiger partial charge is 0.126 e. The van der Waals surface area contributed by atoms with Gasteiger partial charge in [0.25, 0.3) is 0 Å². The van der Waals surface area contributed by atoms with Crippen LogP contribution in [0.4, 0.5) is 0 Å². The van der Waals surface area contributed by atoms with Gasteiger partial charge in [-0.25, -0.2) is 0 Å². The number of rotatable bonds is 4. The molecule has 0 spiro atoms. The molecule has 0 bridgehead atoms. The van der Waals surface area contributed by atoms with Crippen molar-refractivity contribution in [1.82, 2.24) is 0 Å². The van der Waals surface area contributed by atoms with E-state index in [1.165, 1.54) is 19.3 Å². The third-order valence-electron chi connectivity index (χ3n) is 1.57. The predicted octanol–water partition coefficient (Wildman–Crippen LogP) is 3.44. The third-order valence-corrected chi connectivity index (χ3v) is 2.29. The van der Waals surface area contributed by atoms with Gasteiger partial charge in [-0.1, -0.05) is 33.6 Å². The van der Waals surface area contributed by atoms with E-state index in [-0.39, 0.29) is 0 Å². The average molecular weight is 149 g/mol. The van der Waals surface area contributed by atoms with E-state index in [9.17, 15) is 0 Å². The first-order valence-corrected chi connectivity index (χ1v) is 4.22. The highest BCUT2D eigenvalue weighted by Gasteiger charge is 2.14. The molecule has 0 radical (unpaired) electrons. The Hall–Kier alpha value is 0.290. The summed E-state index contributed by atoms with van der Waals surface area (Å²) in [7, 11) is 0. The maximum atomic E-state index is 5.73. The van der Waals surface area contributed by atoms with Crippen molar-refractivity contribution in [3.8, 4) is 0 Å². The Morgan fingerprint density at radius 2 is 1.89 bits per heavy atom. The molecule has 0 atom stereocenters. The van der Waals surface area contributed by atoms with E-state index >= 15 is 0 Å². The van der Waals surface area contributed by atoms with Crippen LogP contribution in [0.15, 0.2) is 0 Å². The van der Waals surface area contributed by atoms with Crippen LogP contribution in [0.1, 0.15) is 40.0 Å². The van der Waals surface area contributed by atoms with Crippen molar-refractivity contribution in [3.05, 3.63) is 0 Å². The van der Waals surface area contributed by atoms with Crippen LogP contribution in [0, 0.1) is 5.41 Å². The van der Waals surface area contributed by atoms with Gasteiger partial charge in [0, 0.05) is 5.88 Å². The first kappa shape index (κ1) is 9.29. The minimum atomic E-state index is 0.359. The van der Waals surface area contributed by atoms with Gasteiger partial charge in [-0.2, -0.15) is 0 Å². The summed E-state index contributed by atoms with van der Waals surface area (Å²) in [6.07, 6.45) is 3.84. The Morgan fingerprint density at radius 1 is 1.33 bits per heavy atom. The highest BCUT2D eigenvalue weighted by Crippen LogP contribution is 2.24. The van der Waals surface area contributed by atoms with E-state index < -0.39 is 0 Å². The highest BCUT2D eigenvalue weighted by atomic mass is 35.5. The second-order valence-electron chi connectivity index (χ2n) is 3.40. The smallest absolute Gasteiger partial charge is 0.0274 e.